The maximum absolute atomic E-state index is 12.6. The second kappa shape index (κ2) is 11.1. The first-order valence-electron chi connectivity index (χ1n) is 11.4. The Morgan fingerprint density at radius 3 is 2.22 bits per heavy atom. The van der Waals surface area contributed by atoms with E-state index in [1.807, 2.05) is 29.2 Å². The van der Waals surface area contributed by atoms with E-state index >= 15 is 0 Å². The summed E-state index contributed by atoms with van der Waals surface area (Å²) in [5.74, 6) is 0.419. The van der Waals surface area contributed by atoms with Gasteiger partial charge >= 0.3 is 0 Å². The number of carbonyl (C=O) groups excluding carboxylic acids is 2. The smallest absolute Gasteiger partial charge is 0.260 e. The topological polar surface area (TPSA) is 61.9 Å². The highest BCUT2D eigenvalue weighted by Gasteiger charge is 2.28. The van der Waals surface area contributed by atoms with Crippen molar-refractivity contribution in [3.05, 3.63) is 59.7 Å². The van der Waals surface area contributed by atoms with Gasteiger partial charge in [-0.1, -0.05) is 12.1 Å². The molecule has 0 aliphatic carbocycles. The van der Waals surface area contributed by atoms with Crippen molar-refractivity contribution in [1.29, 1.82) is 0 Å². The van der Waals surface area contributed by atoms with E-state index in [0.29, 0.717) is 11.3 Å². The number of nitrogens with one attached hydrogen (secondary N) is 1. The largest absolute Gasteiger partial charge is 0.484 e. The molecule has 0 bridgehead atoms. The van der Waals surface area contributed by atoms with Crippen LogP contribution in [0.25, 0.3) is 0 Å². The number of rotatable bonds is 8. The molecule has 2 amide bonds. The molecule has 1 aliphatic rings. The lowest BCUT2D eigenvalue weighted by Gasteiger charge is -2.38. The minimum atomic E-state index is -0.176. The SMILES string of the molecule is CC1CCCC(C)N1C(=O)COc1ccc(C(=O)Nc2ccc(CCN(C)C)cc2)cc1. The Labute approximate surface area is 191 Å². The van der Waals surface area contributed by atoms with E-state index in [-0.39, 0.29) is 30.5 Å². The Bertz CT molecular complexity index is 884. The molecule has 0 aromatic heterocycles. The van der Waals surface area contributed by atoms with Gasteiger partial charge in [-0.2, -0.15) is 0 Å². The quantitative estimate of drug-likeness (QED) is 0.672. The fraction of sp³-hybridized carbons (Fsp3) is 0.462. The maximum Gasteiger partial charge on any atom is 0.260 e. The van der Waals surface area contributed by atoms with E-state index in [4.69, 9.17) is 4.74 Å². The maximum atomic E-state index is 12.6. The standard InChI is InChI=1S/C26H35N3O3/c1-19-6-5-7-20(2)29(19)25(30)18-32-24-14-10-22(11-15-24)26(31)27-23-12-8-21(9-13-23)16-17-28(3)4/h8-15,19-20H,5-7,16-18H2,1-4H3,(H,27,31). The number of benzene rings is 2. The number of ether oxygens (including phenoxy) is 1. The number of piperidine rings is 1. The summed E-state index contributed by atoms with van der Waals surface area (Å²) >= 11 is 0. The van der Waals surface area contributed by atoms with Crippen LogP contribution in [0.15, 0.2) is 48.5 Å². The molecule has 0 radical (unpaired) electrons. The van der Waals surface area contributed by atoms with Crippen molar-refractivity contribution < 1.29 is 14.3 Å². The van der Waals surface area contributed by atoms with E-state index in [0.717, 1.165) is 37.9 Å². The number of hydrogen-bond acceptors (Lipinski definition) is 4. The van der Waals surface area contributed by atoms with Crippen LogP contribution in [0.1, 0.15) is 49.0 Å². The number of nitrogens with zero attached hydrogens (tertiary/aromatic N) is 2. The van der Waals surface area contributed by atoms with Crippen molar-refractivity contribution in [3.8, 4) is 5.75 Å². The molecular weight excluding hydrogens is 402 g/mol. The fourth-order valence-electron chi connectivity index (χ4n) is 4.15. The predicted octanol–water partition coefficient (Wildman–Crippen LogP) is 4.21. The van der Waals surface area contributed by atoms with Gasteiger partial charge in [0.2, 0.25) is 0 Å². The van der Waals surface area contributed by atoms with Crippen LogP contribution < -0.4 is 10.1 Å². The zero-order valence-electron chi connectivity index (χ0n) is 19.6. The molecule has 1 fully saturated rings. The molecule has 1 saturated heterocycles. The van der Waals surface area contributed by atoms with Gasteiger partial charge in [-0.05, 0) is 95.6 Å². The summed E-state index contributed by atoms with van der Waals surface area (Å²) in [5, 5.41) is 2.92. The van der Waals surface area contributed by atoms with Crippen molar-refractivity contribution >= 4 is 17.5 Å². The van der Waals surface area contributed by atoms with E-state index in [1.165, 1.54) is 5.56 Å². The lowest BCUT2D eigenvalue weighted by molar-refractivity contribution is -0.139. The minimum Gasteiger partial charge on any atom is -0.484 e. The predicted molar refractivity (Wildman–Crippen MR) is 128 cm³/mol. The second-order valence-electron chi connectivity index (χ2n) is 8.95. The Hall–Kier alpha value is -2.86. The number of carbonyl (C=O) groups is 2. The Kier molecular flexibility index (Phi) is 8.28. The van der Waals surface area contributed by atoms with Gasteiger partial charge in [0.15, 0.2) is 6.61 Å². The van der Waals surface area contributed by atoms with Crippen LogP contribution in [-0.4, -0.2) is 60.9 Å². The molecule has 3 rings (SSSR count). The van der Waals surface area contributed by atoms with Crippen molar-refractivity contribution in [2.24, 2.45) is 0 Å². The lowest BCUT2D eigenvalue weighted by Crippen LogP contribution is -2.49. The summed E-state index contributed by atoms with van der Waals surface area (Å²) in [6.45, 7) is 5.19. The molecule has 6 nitrogen and oxygen atoms in total. The molecule has 172 valence electrons. The molecule has 1 aliphatic heterocycles. The molecule has 0 saturated carbocycles. The number of likely N-dealkylation sites (N-methyl/N-ethyl adjacent to an activating group) is 1. The number of anilines is 1. The summed E-state index contributed by atoms with van der Waals surface area (Å²) in [6.07, 6.45) is 4.22. The van der Waals surface area contributed by atoms with Crippen molar-refractivity contribution in [2.45, 2.75) is 51.6 Å². The molecular formula is C26H35N3O3. The molecule has 32 heavy (non-hydrogen) atoms. The number of hydrogen-bond donors (Lipinski definition) is 1. The highest BCUT2D eigenvalue weighted by molar-refractivity contribution is 6.04. The van der Waals surface area contributed by atoms with Gasteiger partial charge in [-0.25, -0.2) is 0 Å². The van der Waals surface area contributed by atoms with Crippen molar-refractivity contribution in [2.75, 3.05) is 32.6 Å². The van der Waals surface area contributed by atoms with Gasteiger partial charge in [-0.3, -0.25) is 9.59 Å². The van der Waals surface area contributed by atoms with Crippen molar-refractivity contribution in [1.82, 2.24) is 9.80 Å². The zero-order valence-corrected chi connectivity index (χ0v) is 19.6. The first-order valence-corrected chi connectivity index (χ1v) is 11.4. The third kappa shape index (κ3) is 6.57. The van der Waals surface area contributed by atoms with Crippen LogP contribution in [-0.2, 0) is 11.2 Å². The monoisotopic (exact) mass is 437 g/mol. The van der Waals surface area contributed by atoms with Crippen LogP contribution in [0.4, 0.5) is 5.69 Å². The molecule has 1 heterocycles. The summed E-state index contributed by atoms with van der Waals surface area (Å²) in [7, 11) is 4.11. The molecule has 2 aromatic rings. The highest BCUT2D eigenvalue weighted by Crippen LogP contribution is 2.23. The first kappa shape index (κ1) is 23.8. The van der Waals surface area contributed by atoms with E-state index in [2.05, 4.69) is 38.2 Å². The Morgan fingerprint density at radius 2 is 1.62 bits per heavy atom. The Morgan fingerprint density at radius 1 is 1.00 bits per heavy atom. The minimum absolute atomic E-state index is 0.0143. The third-order valence-corrected chi connectivity index (χ3v) is 6.02. The fourth-order valence-corrected chi connectivity index (χ4v) is 4.15. The first-order chi connectivity index (χ1) is 15.3. The number of amides is 2. The van der Waals surface area contributed by atoms with Crippen LogP contribution >= 0.6 is 0 Å². The molecule has 0 spiro atoms. The Balaban J connectivity index is 1.50. The lowest BCUT2D eigenvalue weighted by atomic mass is 9.97. The molecule has 2 unspecified atom stereocenters. The summed E-state index contributed by atoms with van der Waals surface area (Å²) in [6, 6.07) is 15.3. The van der Waals surface area contributed by atoms with Gasteiger partial charge in [0.1, 0.15) is 5.75 Å². The summed E-state index contributed by atoms with van der Waals surface area (Å²) in [4.78, 5) is 29.2. The van der Waals surface area contributed by atoms with E-state index in [1.54, 1.807) is 24.3 Å². The average Bonchev–Trinajstić information content (AvgIpc) is 2.77. The second-order valence-corrected chi connectivity index (χ2v) is 8.95. The average molecular weight is 438 g/mol. The van der Waals surface area contributed by atoms with Crippen LogP contribution in [0.5, 0.6) is 5.75 Å². The van der Waals surface area contributed by atoms with Gasteiger partial charge in [-0.15, -0.1) is 0 Å². The summed E-state index contributed by atoms with van der Waals surface area (Å²) in [5.41, 5.74) is 2.54. The van der Waals surface area contributed by atoms with Crippen molar-refractivity contribution in [3.63, 3.8) is 0 Å². The van der Waals surface area contributed by atoms with Crippen LogP contribution in [0, 0.1) is 0 Å². The number of likely N-dealkylation sites (tertiary alicyclic amines) is 1. The summed E-state index contributed by atoms with van der Waals surface area (Å²) < 4.78 is 5.70. The van der Waals surface area contributed by atoms with E-state index in [9.17, 15) is 9.59 Å². The molecule has 2 aromatic carbocycles. The van der Waals surface area contributed by atoms with Crippen LogP contribution in [0.2, 0.25) is 0 Å². The van der Waals surface area contributed by atoms with Gasteiger partial charge < -0.3 is 19.9 Å². The van der Waals surface area contributed by atoms with E-state index < -0.39 is 0 Å². The molecule has 1 N–H and O–H groups in total. The normalized spacial score (nSPS) is 18.5. The van der Waals surface area contributed by atoms with Gasteiger partial charge in [0.25, 0.3) is 11.8 Å². The van der Waals surface area contributed by atoms with Gasteiger partial charge in [0, 0.05) is 29.9 Å². The molecule has 6 heteroatoms. The highest BCUT2D eigenvalue weighted by atomic mass is 16.5. The zero-order chi connectivity index (χ0) is 23.1. The molecule has 2 atom stereocenters. The van der Waals surface area contributed by atoms with Crippen LogP contribution in [0.3, 0.4) is 0 Å². The van der Waals surface area contributed by atoms with Gasteiger partial charge in [0.05, 0.1) is 0 Å². The third-order valence-electron chi connectivity index (χ3n) is 6.02.